The molecule has 0 aliphatic carbocycles. The van der Waals surface area contributed by atoms with Gasteiger partial charge in [0.1, 0.15) is 25.3 Å². The molecule has 2 aromatic rings. The molecule has 2 aromatic carbocycles. The topological polar surface area (TPSA) is 116 Å². The van der Waals surface area contributed by atoms with Gasteiger partial charge in [0.2, 0.25) is 0 Å². The third-order valence-electron chi connectivity index (χ3n) is 3.97. The van der Waals surface area contributed by atoms with Crippen LogP contribution < -0.4 is 4.74 Å². The first-order valence-corrected chi connectivity index (χ1v) is 8.93. The quantitative estimate of drug-likeness (QED) is 0.214. The predicted molar refractivity (Wildman–Crippen MR) is 101 cm³/mol. The Morgan fingerprint density at radius 1 is 1.03 bits per heavy atom. The van der Waals surface area contributed by atoms with E-state index in [0.717, 1.165) is 6.07 Å². The zero-order chi connectivity index (χ0) is 21.1. The number of fused-ring (bicyclic) bond motifs is 1. The molecule has 1 heterocycles. The molecular weight excluding hydrogens is 427 g/mol. The number of amides is 2. The molecule has 0 saturated carbocycles. The summed E-state index contributed by atoms with van der Waals surface area (Å²) in [6, 6.07) is 8.50. The Morgan fingerprint density at radius 3 is 2.34 bits per heavy atom. The lowest BCUT2D eigenvalue weighted by atomic mass is 10.1. The van der Waals surface area contributed by atoms with Gasteiger partial charge in [-0.15, -0.1) is 0 Å². The van der Waals surface area contributed by atoms with Crippen molar-refractivity contribution in [3.05, 3.63) is 67.7 Å². The number of carbonyl (C=O) groups is 3. The number of carbonyl (C=O) groups excluding carboxylic acids is 3. The lowest BCUT2D eigenvalue weighted by Gasteiger charge is -2.13. The van der Waals surface area contributed by atoms with Gasteiger partial charge in [0.05, 0.1) is 20.5 Å². The number of ether oxygens (including phenoxy) is 2. The highest BCUT2D eigenvalue weighted by Gasteiger charge is 2.41. The Labute approximate surface area is 173 Å². The monoisotopic (exact) mass is 438 g/mol. The van der Waals surface area contributed by atoms with Crippen molar-refractivity contribution in [1.29, 1.82) is 0 Å². The molecule has 1 aliphatic rings. The zero-order valence-electron chi connectivity index (χ0n) is 14.6. The lowest BCUT2D eigenvalue weighted by molar-refractivity contribution is -0.385. The summed E-state index contributed by atoms with van der Waals surface area (Å²) in [7, 11) is 0. The van der Waals surface area contributed by atoms with E-state index in [1.165, 1.54) is 12.1 Å². The number of rotatable bonds is 7. The standard InChI is InChI=1S/C18H12Cl2N2O7/c19-11-4-2-5-12(20)16(11)29-8-7-28-14(23)9-21-17(24)10-3-1-6-13(22(26)27)15(10)18(21)25/h1-6H,7-9H2. The van der Waals surface area contributed by atoms with Crippen LogP contribution in [0.25, 0.3) is 0 Å². The van der Waals surface area contributed by atoms with Gasteiger partial charge in [-0.05, 0) is 18.2 Å². The molecule has 0 aromatic heterocycles. The second kappa shape index (κ2) is 8.46. The zero-order valence-corrected chi connectivity index (χ0v) is 16.1. The minimum Gasteiger partial charge on any atom is -0.487 e. The molecule has 0 N–H and O–H groups in total. The molecule has 0 atom stereocenters. The number of hydrogen-bond acceptors (Lipinski definition) is 7. The molecule has 0 spiro atoms. The fourth-order valence-electron chi connectivity index (χ4n) is 2.71. The highest BCUT2D eigenvalue weighted by molar-refractivity contribution is 6.37. The normalized spacial score (nSPS) is 12.7. The van der Waals surface area contributed by atoms with E-state index in [0.29, 0.717) is 4.90 Å². The third-order valence-corrected chi connectivity index (χ3v) is 4.57. The van der Waals surface area contributed by atoms with Crippen LogP contribution in [0.15, 0.2) is 36.4 Å². The Morgan fingerprint density at radius 2 is 1.69 bits per heavy atom. The second-order valence-corrected chi connectivity index (χ2v) is 6.59. The highest BCUT2D eigenvalue weighted by atomic mass is 35.5. The van der Waals surface area contributed by atoms with Gasteiger partial charge in [-0.25, -0.2) is 0 Å². The number of benzene rings is 2. The van der Waals surface area contributed by atoms with Crippen LogP contribution in [-0.4, -0.2) is 47.4 Å². The van der Waals surface area contributed by atoms with Crippen LogP contribution >= 0.6 is 23.2 Å². The average molecular weight is 439 g/mol. The van der Waals surface area contributed by atoms with E-state index in [2.05, 4.69) is 0 Å². The molecular formula is C18H12Cl2N2O7. The van der Waals surface area contributed by atoms with Crippen LogP contribution in [0.3, 0.4) is 0 Å². The fraction of sp³-hybridized carbons (Fsp3) is 0.167. The molecule has 1 aliphatic heterocycles. The second-order valence-electron chi connectivity index (χ2n) is 5.77. The number of nitro groups is 1. The summed E-state index contributed by atoms with van der Waals surface area (Å²) in [5, 5.41) is 11.7. The maximum absolute atomic E-state index is 12.4. The molecule has 0 radical (unpaired) electrons. The highest BCUT2D eigenvalue weighted by Crippen LogP contribution is 2.32. The van der Waals surface area contributed by atoms with Gasteiger partial charge < -0.3 is 9.47 Å². The largest absolute Gasteiger partial charge is 0.487 e. The van der Waals surface area contributed by atoms with Crippen LogP contribution in [0.5, 0.6) is 5.75 Å². The number of para-hydroxylation sites is 1. The predicted octanol–water partition coefficient (Wildman–Crippen LogP) is 3.12. The van der Waals surface area contributed by atoms with Crippen LogP contribution in [0.1, 0.15) is 20.7 Å². The maximum Gasteiger partial charge on any atom is 0.326 e. The van der Waals surface area contributed by atoms with E-state index in [-0.39, 0.29) is 40.1 Å². The summed E-state index contributed by atoms with van der Waals surface area (Å²) in [5.74, 6) is -2.37. The Kier molecular flexibility index (Phi) is 6.00. The first-order chi connectivity index (χ1) is 13.8. The van der Waals surface area contributed by atoms with Gasteiger partial charge in [0.25, 0.3) is 17.5 Å². The molecule has 9 nitrogen and oxygen atoms in total. The molecule has 11 heteroatoms. The van der Waals surface area contributed by atoms with Gasteiger partial charge in [-0.2, -0.15) is 0 Å². The SMILES string of the molecule is O=C(CN1C(=O)c2cccc([N+](=O)[O-])c2C1=O)OCCOc1c(Cl)cccc1Cl. The molecule has 0 fully saturated rings. The van der Waals surface area contributed by atoms with E-state index >= 15 is 0 Å². The number of nitrogens with zero attached hydrogens (tertiary/aromatic N) is 2. The number of hydrogen-bond donors (Lipinski definition) is 0. The van der Waals surface area contributed by atoms with Gasteiger partial charge in [-0.1, -0.05) is 35.3 Å². The minimum atomic E-state index is -0.923. The maximum atomic E-state index is 12.4. The average Bonchev–Trinajstić information content (AvgIpc) is 2.92. The summed E-state index contributed by atoms with van der Waals surface area (Å²) in [6.45, 7) is -0.942. The first-order valence-electron chi connectivity index (χ1n) is 8.17. The van der Waals surface area contributed by atoms with Crippen molar-refractivity contribution in [2.75, 3.05) is 19.8 Å². The van der Waals surface area contributed by atoms with Gasteiger partial charge in [-0.3, -0.25) is 29.4 Å². The number of halogens is 2. The van der Waals surface area contributed by atoms with E-state index < -0.39 is 34.9 Å². The summed E-state index contributed by atoms with van der Waals surface area (Å²) >= 11 is 11.9. The van der Waals surface area contributed by atoms with Crippen molar-refractivity contribution in [1.82, 2.24) is 4.90 Å². The van der Waals surface area contributed by atoms with E-state index in [4.69, 9.17) is 32.7 Å². The fourth-order valence-corrected chi connectivity index (χ4v) is 3.21. The summed E-state index contributed by atoms with van der Waals surface area (Å²) < 4.78 is 10.3. The van der Waals surface area contributed by atoms with Crippen molar-refractivity contribution < 1.29 is 28.8 Å². The molecule has 3 rings (SSSR count). The Bertz CT molecular complexity index is 1010. The molecule has 0 unspecified atom stereocenters. The van der Waals surface area contributed by atoms with Gasteiger partial charge in [0.15, 0.2) is 5.75 Å². The molecule has 2 amide bonds. The van der Waals surface area contributed by atoms with Gasteiger partial charge in [0, 0.05) is 6.07 Å². The number of esters is 1. The van der Waals surface area contributed by atoms with Crippen molar-refractivity contribution >= 4 is 46.7 Å². The van der Waals surface area contributed by atoms with Crippen LogP contribution in [0, 0.1) is 10.1 Å². The Hall–Kier alpha value is -3.17. The van der Waals surface area contributed by atoms with Crippen LogP contribution in [0.2, 0.25) is 10.0 Å². The number of nitro benzene ring substituents is 1. The van der Waals surface area contributed by atoms with E-state index in [1.54, 1.807) is 18.2 Å². The molecule has 0 saturated heterocycles. The van der Waals surface area contributed by atoms with Crippen molar-refractivity contribution in [2.45, 2.75) is 0 Å². The summed E-state index contributed by atoms with van der Waals surface area (Å²) in [5.41, 5.74) is -0.970. The van der Waals surface area contributed by atoms with E-state index in [9.17, 15) is 24.5 Å². The van der Waals surface area contributed by atoms with Crippen molar-refractivity contribution in [3.63, 3.8) is 0 Å². The smallest absolute Gasteiger partial charge is 0.326 e. The summed E-state index contributed by atoms with van der Waals surface area (Å²) in [4.78, 5) is 47.6. The molecule has 29 heavy (non-hydrogen) atoms. The molecule has 150 valence electrons. The van der Waals surface area contributed by atoms with E-state index in [1.807, 2.05) is 0 Å². The first kappa shape index (κ1) is 20.6. The van der Waals surface area contributed by atoms with Crippen LogP contribution in [-0.2, 0) is 9.53 Å². The minimum absolute atomic E-state index is 0.0667. The van der Waals surface area contributed by atoms with Crippen LogP contribution in [0.4, 0.5) is 5.69 Å². The number of imide groups is 1. The van der Waals surface area contributed by atoms with Crippen molar-refractivity contribution in [2.24, 2.45) is 0 Å². The summed E-state index contributed by atoms with van der Waals surface area (Å²) in [6.07, 6.45) is 0. The molecule has 0 bridgehead atoms. The third kappa shape index (κ3) is 4.15. The van der Waals surface area contributed by atoms with Crippen molar-refractivity contribution in [3.8, 4) is 5.75 Å². The lowest BCUT2D eigenvalue weighted by Crippen LogP contribution is -2.36. The van der Waals surface area contributed by atoms with Gasteiger partial charge >= 0.3 is 5.97 Å². The Balaban J connectivity index is 1.57.